The van der Waals surface area contributed by atoms with E-state index in [-0.39, 0.29) is 31.0 Å². The number of carbonyl (C=O) groups is 2. The Labute approximate surface area is 134 Å². The maximum Gasteiger partial charge on any atom is 0.317 e. The summed E-state index contributed by atoms with van der Waals surface area (Å²) in [6, 6.07) is 5.55. The maximum atomic E-state index is 13.1. The molecular weight excluding hydrogens is 303 g/mol. The lowest BCUT2D eigenvalue weighted by Crippen LogP contribution is -2.43. The van der Waals surface area contributed by atoms with Crippen LogP contribution in [0.15, 0.2) is 24.3 Å². The van der Waals surface area contributed by atoms with Crippen molar-refractivity contribution >= 4 is 12.0 Å². The largest absolute Gasteiger partial charge is 0.489 e. The number of carboxylic acids is 1. The minimum Gasteiger partial charge on any atom is -0.489 e. The van der Waals surface area contributed by atoms with Gasteiger partial charge in [-0.15, -0.1) is 0 Å². The molecule has 0 spiro atoms. The minimum absolute atomic E-state index is 0.225. The molecule has 2 unspecified atom stereocenters. The topological polar surface area (TPSA) is 78.9 Å². The van der Waals surface area contributed by atoms with E-state index in [1.54, 1.807) is 12.1 Å². The Morgan fingerprint density at radius 2 is 2.30 bits per heavy atom. The molecular formula is C16H21FN2O4. The van der Waals surface area contributed by atoms with Crippen LogP contribution in [0.1, 0.15) is 19.8 Å². The van der Waals surface area contributed by atoms with Crippen LogP contribution in [-0.2, 0) is 4.79 Å². The summed E-state index contributed by atoms with van der Waals surface area (Å²) >= 11 is 0. The van der Waals surface area contributed by atoms with Crippen LogP contribution in [0.4, 0.5) is 9.18 Å². The molecule has 1 aliphatic heterocycles. The first-order valence-corrected chi connectivity index (χ1v) is 7.67. The molecule has 2 rings (SSSR count). The number of hydrogen-bond acceptors (Lipinski definition) is 3. The molecule has 0 aromatic heterocycles. The van der Waals surface area contributed by atoms with Crippen molar-refractivity contribution in [2.75, 3.05) is 19.6 Å². The molecule has 1 aromatic carbocycles. The van der Waals surface area contributed by atoms with Gasteiger partial charge in [-0.05, 0) is 25.0 Å². The molecule has 2 amide bonds. The first-order chi connectivity index (χ1) is 11.0. The van der Waals surface area contributed by atoms with Crippen molar-refractivity contribution in [2.45, 2.75) is 25.9 Å². The molecule has 1 saturated heterocycles. The maximum absolute atomic E-state index is 13.1. The molecule has 126 valence electrons. The number of amides is 2. The van der Waals surface area contributed by atoms with Crippen molar-refractivity contribution in [3.63, 3.8) is 0 Å². The molecule has 23 heavy (non-hydrogen) atoms. The van der Waals surface area contributed by atoms with Crippen LogP contribution >= 0.6 is 0 Å². The van der Waals surface area contributed by atoms with Gasteiger partial charge in [0.2, 0.25) is 0 Å². The molecule has 1 aromatic rings. The molecule has 0 radical (unpaired) electrons. The van der Waals surface area contributed by atoms with Crippen LogP contribution in [-0.4, -0.2) is 47.7 Å². The zero-order chi connectivity index (χ0) is 16.8. The van der Waals surface area contributed by atoms with Crippen LogP contribution < -0.4 is 10.1 Å². The quantitative estimate of drug-likeness (QED) is 0.840. The Hall–Kier alpha value is -2.31. The zero-order valence-electron chi connectivity index (χ0n) is 13.0. The summed E-state index contributed by atoms with van der Waals surface area (Å²) < 4.78 is 18.8. The van der Waals surface area contributed by atoms with Crippen molar-refractivity contribution in [1.82, 2.24) is 10.2 Å². The number of rotatable bonds is 6. The molecule has 0 bridgehead atoms. The number of ether oxygens (including phenoxy) is 1. The average molecular weight is 324 g/mol. The van der Waals surface area contributed by atoms with Gasteiger partial charge in [0.15, 0.2) is 0 Å². The summed E-state index contributed by atoms with van der Waals surface area (Å²) in [5.41, 5.74) is 0. The van der Waals surface area contributed by atoms with Crippen molar-refractivity contribution in [1.29, 1.82) is 0 Å². The first kappa shape index (κ1) is 17.1. The summed E-state index contributed by atoms with van der Waals surface area (Å²) in [5.74, 6) is -1.33. The predicted molar refractivity (Wildman–Crippen MR) is 81.8 cm³/mol. The van der Waals surface area contributed by atoms with E-state index in [0.29, 0.717) is 25.1 Å². The number of nitrogens with zero attached hydrogens (tertiary/aromatic N) is 1. The second-order valence-electron chi connectivity index (χ2n) is 5.56. The van der Waals surface area contributed by atoms with Gasteiger partial charge in [-0.25, -0.2) is 9.18 Å². The Bertz CT molecular complexity index is 567. The Morgan fingerprint density at radius 3 is 2.91 bits per heavy atom. The van der Waals surface area contributed by atoms with E-state index in [1.165, 1.54) is 17.0 Å². The fourth-order valence-electron chi connectivity index (χ4n) is 2.46. The highest BCUT2D eigenvalue weighted by Crippen LogP contribution is 2.17. The molecule has 1 fully saturated rings. The van der Waals surface area contributed by atoms with E-state index in [9.17, 15) is 14.0 Å². The van der Waals surface area contributed by atoms with Crippen molar-refractivity contribution in [3.8, 4) is 5.75 Å². The highest BCUT2D eigenvalue weighted by Gasteiger charge is 2.30. The van der Waals surface area contributed by atoms with E-state index >= 15 is 0 Å². The molecule has 1 aliphatic rings. The van der Waals surface area contributed by atoms with E-state index in [1.807, 2.05) is 6.92 Å². The molecule has 2 atom stereocenters. The van der Waals surface area contributed by atoms with Gasteiger partial charge in [0.25, 0.3) is 0 Å². The lowest BCUT2D eigenvalue weighted by molar-refractivity contribution is -0.141. The lowest BCUT2D eigenvalue weighted by atomic mass is 10.1. The second kappa shape index (κ2) is 7.80. The van der Waals surface area contributed by atoms with Crippen LogP contribution in [0.25, 0.3) is 0 Å². The van der Waals surface area contributed by atoms with Gasteiger partial charge in [0, 0.05) is 19.2 Å². The van der Waals surface area contributed by atoms with E-state index < -0.39 is 11.9 Å². The molecule has 1 heterocycles. The zero-order valence-corrected chi connectivity index (χ0v) is 13.0. The van der Waals surface area contributed by atoms with Crippen LogP contribution in [0, 0.1) is 11.7 Å². The number of hydrogen-bond donors (Lipinski definition) is 2. The Balaban J connectivity index is 1.81. The smallest absolute Gasteiger partial charge is 0.317 e. The monoisotopic (exact) mass is 324 g/mol. The van der Waals surface area contributed by atoms with Gasteiger partial charge < -0.3 is 20.1 Å². The summed E-state index contributed by atoms with van der Waals surface area (Å²) in [7, 11) is 0. The number of aliphatic carboxylic acids is 1. The number of benzene rings is 1. The second-order valence-corrected chi connectivity index (χ2v) is 5.56. The summed E-state index contributed by atoms with van der Waals surface area (Å²) in [4.78, 5) is 24.4. The van der Waals surface area contributed by atoms with Crippen molar-refractivity contribution in [2.24, 2.45) is 5.92 Å². The third-order valence-electron chi connectivity index (χ3n) is 3.86. The van der Waals surface area contributed by atoms with Gasteiger partial charge in [0.05, 0.1) is 12.5 Å². The molecule has 6 nitrogen and oxygen atoms in total. The predicted octanol–water partition coefficient (Wildman–Crippen LogP) is 2.10. The number of nitrogens with one attached hydrogen (secondary N) is 1. The fraction of sp³-hybridized carbons (Fsp3) is 0.500. The lowest BCUT2D eigenvalue weighted by Gasteiger charge is -2.21. The highest BCUT2D eigenvalue weighted by atomic mass is 19.1. The number of carbonyl (C=O) groups excluding carboxylic acids is 1. The number of urea groups is 1. The van der Waals surface area contributed by atoms with Gasteiger partial charge in [-0.3, -0.25) is 4.79 Å². The van der Waals surface area contributed by atoms with Crippen molar-refractivity contribution < 1.29 is 23.8 Å². The first-order valence-electron chi connectivity index (χ1n) is 7.67. The fourth-order valence-corrected chi connectivity index (χ4v) is 2.46. The molecule has 2 N–H and O–H groups in total. The van der Waals surface area contributed by atoms with Crippen LogP contribution in [0.2, 0.25) is 0 Å². The van der Waals surface area contributed by atoms with Crippen molar-refractivity contribution in [3.05, 3.63) is 30.1 Å². The summed E-state index contributed by atoms with van der Waals surface area (Å²) in [5, 5.41) is 11.7. The standard InChI is InChI=1S/C16H21FN2O4/c1-2-13(23-14-5-3-4-12(17)8-14)9-18-16(22)19-7-6-11(10-19)15(20)21/h3-5,8,11,13H,2,6-7,9-10H2,1H3,(H,18,22)(H,20,21). The summed E-state index contributed by atoms with van der Waals surface area (Å²) in [6.45, 7) is 2.85. The van der Waals surface area contributed by atoms with Gasteiger partial charge in [-0.1, -0.05) is 13.0 Å². The van der Waals surface area contributed by atoms with Gasteiger partial charge in [0.1, 0.15) is 17.7 Å². The summed E-state index contributed by atoms with van der Waals surface area (Å²) in [6.07, 6.45) is 0.840. The third kappa shape index (κ3) is 4.84. The van der Waals surface area contributed by atoms with Gasteiger partial charge >= 0.3 is 12.0 Å². The Kier molecular flexibility index (Phi) is 5.78. The third-order valence-corrected chi connectivity index (χ3v) is 3.86. The normalized spacial score (nSPS) is 18.5. The Morgan fingerprint density at radius 1 is 1.52 bits per heavy atom. The minimum atomic E-state index is -0.874. The van der Waals surface area contributed by atoms with E-state index in [4.69, 9.17) is 9.84 Å². The highest BCUT2D eigenvalue weighted by molar-refractivity contribution is 5.77. The molecule has 0 saturated carbocycles. The van der Waals surface area contributed by atoms with E-state index in [2.05, 4.69) is 5.32 Å². The molecule has 7 heteroatoms. The number of carboxylic acid groups (broad SMARTS) is 1. The van der Waals surface area contributed by atoms with Gasteiger partial charge in [-0.2, -0.15) is 0 Å². The number of halogens is 1. The SMILES string of the molecule is CCC(CNC(=O)N1CCC(C(=O)O)C1)Oc1cccc(F)c1. The van der Waals surface area contributed by atoms with E-state index in [0.717, 1.165) is 0 Å². The average Bonchev–Trinajstić information content (AvgIpc) is 3.01. The van der Waals surface area contributed by atoms with Crippen LogP contribution in [0.5, 0.6) is 5.75 Å². The molecule has 0 aliphatic carbocycles. The number of likely N-dealkylation sites (tertiary alicyclic amines) is 1. The van der Waals surface area contributed by atoms with Crippen LogP contribution in [0.3, 0.4) is 0 Å².